The standard InChI is InChI=1S/C36H26N6/c1-3-11-28(12-4-1)41(35-37-23-9-24-38-35)30-21-19-27(20-22-30)31-15-7-17-33-32(31)16-8-18-34(33)42(29-13-5-2-6-14-29)36-39-25-10-26-40-36/h1-26H. The number of para-hydroxylation sites is 2. The number of hydrogen-bond donors (Lipinski definition) is 0. The predicted octanol–water partition coefficient (Wildman–Crippen LogP) is 9.03. The number of hydrogen-bond acceptors (Lipinski definition) is 6. The smallest absolute Gasteiger partial charge is 0.234 e. The highest BCUT2D eigenvalue weighted by Crippen LogP contribution is 2.40. The fourth-order valence-corrected chi connectivity index (χ4v) is 5.24. The van der Waals surface area contributed by atoms with Gasteiger partial charge in [0.15, 0.2) is 0 Å². The van der Waals surface area contributed by atoms with Crippen molar-refractivity contribution in [3.8, 4) is 11.1 Å². The zero-order valence-electron chi connectivity index (χ0n) is 22.7. The SMILES string of the molecule is c1ccc(N(c2ccc(-c3cccc4c(N(c5ccccc5)c5ncccn5)cccc34)cc2)c2ncccn2)cc1. The van der Waals surface area contributed by atoms with Crippen LogP contribution in [0.3, 0.4) is 0 Å². The van der Waals surface area contributed by atoms with Gasteiger partial charge in [-0.1, -0.05) is 78.9 Å². The first kappa shape index (κ1) is 25.1. The van der Waals surface area contributed by atoms with Crippen LogP contribution in [0.1, 0.15) is 0 Å². The number of anilines is 6. The van der Waals surface area contributed by atoms with Gasteiger partial charge in [0.05, 0.1) is 5.69 Å². The van der Waals surface area contributed by atoms with E-state index in [0.717, 1.165) is 44.6 Å². The Hall–Kier alpha value is -5.88. The summed E-state index contributed by atoms with van der Waals surface area (Å²) >= 11 is 0. The number of fused-ring (bicyclic) bond motifs is 1. The van der Waals surface area contributed by atoms with Gasteiger partial charge in [-0.15, -0.1) is 0 Å². The van der Waals surface area contributed by atoms with Crippen molar-refractivity contribution in [1.29, 1.82) is 0 Å². The van der Waals surface area contributed by atoms with Crippen LogP contribution in [0.2, 0.25) is 0 Å². The van der Waals surface area contributed by atoms with Crippen LogP contribution in [-0.4, -0.2) is 19.9 Å². The average Bonchev–Trinajstić information content (AvgIpc) is 3.07. The maximum Gasteiger partial charge on any atom is 0.234 e. The van der Waals surface area contributed by atoms with Crippen LogP contribution in [0, 0.1) is 0 Å². The summed E-state index contributed by atoms with van der Waals surface area (Å²) in [6.45, 7) is 0. The maximum atomic E-state index is 4.60. The third-order valence-electron chi connectivity index (χ3n) is 7.11. The molecule has 0 unspecified atom stereocenters. The van der Waals surface area contributed by atoms with E-state index in [-0.39, 0.29) is 0 Å². The highest BCUT2D eigenvalue weighted by molar-refractivity contribution is 6.05. The summed E-state index contributed by atoms with van der Waals surface area (Å²) in [6.07, 6.45) is 7.07. The minimum Gasteiger partial charge on any atom is -0.279 e. The van der Waals surface area contributed by atoms with Crippen molar-refractivity contribution in [3.05, 3.63) is 158 Å². The molecule has 0 spiro atoms. The lowest BCUT2D eigenvalue weighted by Crippen LogP contribution is -2.13. The molecule has 6 heteroatoms. The monoisotopic (exact) mass is 542 g/mol. The zero-order chi connectivity index (χ0) is 28.1. The van der Waals surface area contributed by atoms with E-state index in [2.05, 4.69) is 115 Å². The lowest BCUT2D eigenvalue weighted by Gasteiger charge is -2.25. The first-order chi connectivity index (χ1) is 20.9. The summed E-state index contributed by atoms with van der Waals surface area (Å²) < 4.78 is 0. The Morgan fingerprint density at radius 2 is 0.857 bits per heavy atom. The third-order valence-corrected chi connectivity index (χ3v) is 7.11. The molecule has 7 rings (SSSR count). The van der Waals surface area contributed by atoms with Gasteiger partial charge in [0, 0.05) is 47.2 Å². The van der Waals surface area contributed by atoms with Gasteiger partial charge in [-0.05, 0) is 71.1 Å². The Morgan fingerprint density at radius 3 is 1.48 bits per heavy atom. The molecule has 0 aliphatic carbocycles. The van der Waals surface area contributed by atoms with Gasteiger partial charge in [-0.25, -0.2) is 19.9 Å². The van der Waals surface area contributed by atoms with Crippen LogP contribution in [-0.2, 0) is 0 Å². The fourth-order valence-electron chi connectivity index (χ4n) is 5.24. The van der Waals surface area contributed by atoms with Crippen LogP contribution in [0.4, 0.5) is 34.6 Å². The molecule has 0 bridgehead atoms. The quantitative estimate of drug-likeness (QED) is 0.200. The number of benzene rings is 5. The first-order valence-corrected chi connectivity index (χ1v) is 13.7. The predicted molar refractivity (Wildman–Crippen MR) is 170 cm³/mol. The van der Waals surface area contributed by atoms with Crippen LogP contribution in [0.5, 0.6) is 0 Å². The van der Waals surface area contributed by atoms with Crippen molar-refractivity contribution >= 4 is 45.4 Å². The molecule has 0 N–H and O–H groups in total. The van der Waals surface area contributed by atoms with E-state index in [1.54, 1.807) is 24.8 Å². The maximum absolute atomic E-state index is 4.60. The van der Waals surface area contributed by atoms with Crippen molar-refractivity contribution in [2.24, 2.45) is 0 Å². The molecular formula is C36H26N6. The average molecular weight is 543 g/mol. The van der Waals surface area contributed by atoms with Crippen LogP contribution in [0.15, 0.2) is 158 Å². The molecule has 0 radical (unpaired) electrons. The van der Waals surface area contributed by atoms with Crippen molar-refractivity contribution in [2.45, 2.75) is 0 Å². The van der Waals surface area contributed by atoms with Gasteiger partial charge in [0.1, 0.15) is 0 Å². The summed E-state index contributed by atoms with van der Waals surface area (Å²) in [7, 11) is 0. The topological polar surface area (TPSA) is 58.0 Å². The zero-order valence-corrected chi connectivity index (χ0v) is 22.7. The number of nitrogens with zero attached hydrogens (tertiary/aromatic N) is 6. The Kier molecular flexibility index (Phi) is 6.76. The Morgan fingerprint density at radius 1 is 0.357 bits per heavy atom. The molecule has 42 heavy (non-hydrogen) atoms. The molecule has 2 heterocycles. The lowest BCUT2D eigenvalue weighted by molar-refractivity contribution is 1.08. The lowest BCUT2D eigenvalue weighted by atomic mass is 9.96. The number of rotatable bonds is 7. The molecule has 0 saturated heterocycles. The molecule has 0 fully saturated rings. The van der Waals surface area contributed by atoms with Crippen LogP contribution < -0.4 is 9.80 Å². The molecule has 5 aromatic carbocycles. The number of aromatic nitrogens is 4. The minimum absolute atomic E-state index is 0.620. The highest BCUT2D eigenvalue weighted by atomic mass is 15.3. The molecule has 6 nitrogen and oxygen atoms in total. The van der Waals surface area contributed by atoms with Gasteiger partial charge in [0.2, 0.25) is 11.9 Å². The van der Waals surface area contributed by atoms with E-state index in [4.69, 9.17) is 0 Å². The molecule has 0 aliphatic rings. The molecule has 2 aromatic heterocycles. The minimum atomic E-state index is 0.620. The summed E-state index contributed by atoms with van der Waals surface area (Å²) in [4.78, 5) is 22.4. The summed E-state index contributed by atoms with van der Waals surface area (Å²) in [5, 5.41) is 2.25. The molecule has 0 amide bonds. The highest BCUT2D eigenvalue weighted by Gasteiger charge is 2.19. The summed E-state index contributed by atoms with van der Waals surface area (Å²) in [5.41, 5.74) is 6.25. The molecular weight excluding hydrogens is 516 g/mol. The van der Waals surface area contributed by atoms with Gasteiger partial charge >= 0.3 is 0 Å². The van der Waals surface area contributed by atoms with Gasteiger partial charge in [-0.2, -0.15) is 0 Å². The second-order valence-electron chi connectivity index (χ2n) is 9.66. The van der Waals surface area contributed by atoms with E-state index in [1.165, 1.54) is 0 Å². The van der Waals surface area contributed by atoms with E-state index in [1.807, 2.05) is 48.5 Å². The van der Waals surface area contributed by atoms with Crippen molar-refractivity contribution in [2.75, 3.05) is 9.80 Å². The van der Waals surface area contributed by atoms with E-state index in [9.17, 15) is 0 Å². The van der Waals surface area contributed by atoms with E-state index in [0.29, 0.717) is 11.9 Å². The first-order valence-electron chi connectivity index (χ1n) is 13.7. The summed E-state index contributed by atoms with van der Waals surface area (Å²) in [6, 6.07) is 45.4. The molecule has 0 aliphatic heterocycles. The Labute approximate surface area is 244 Å². The molecule has 0 atom stereocenters. The largest absolute Gasteiger partial charge is 0.279 e. The van der Waals surface area contributed by atoms with Crippen LogP contribution >= 0.6 is 0 Å². The Bertz CT molecular complexity index is 1830. The Balaban J connectivity index is 1.32. The van der Waals surface area contributed by atoms with Crippen LogP contribution in [0.25, 0.3) is 21.9 Å². The van der Waals surface area contributed by atoms with E-state index >= 15 is 0 Å². The fraction of sp³-hybridized carbons (Fsp3) is 0. The van der Waals surface area contributed by atoms with Crippen molar-refractivity contribution in [1.82, 2.24) is 19.9 Å². The molecule has 200 valence electrons. The van der Waals surface area contributed by atoms with E-state index < -0.39 is 0 Å². The second-order valence-corrected chi connectivity index (χ2v) is 9.66. The second kappa shape index (κ2) is 11.3. The molecule has 0 saturated carbocycles. The van der Waals surface area contributed by atoms with Crippen molar-refractivity contribution in [3.63, 3.8) is 0 Å². The van der Waals surface area contributed by atoms with Gasteiger partial charge in [0.25, 0.3) is 0 Å². The molecule has 7 aromatic rings. The third kappa shape index (κ3) is 4.82. The van der Waals surface area contributed by atoms with Crippen molar-refractivity contribution < 1.29 is 0 Å². The van der Waals surface area contributed by atoms with Gasteiger partial charge in [-0.3, -0.25) is 9.80 Å². The normalized spacial score (nSPS) is 10.9. The summed E-state index contributed by atoms with van der Waals surface area (Å²) in [5.74, 6) is 1.24. The van der Waals surface area contributed by atoms with Gasteiger partial charge < -0.3 is 0 Å².